The molecule has 0 aromatic rings. The van der Waals surface area contributed by atoms with Gasteiger partial charge in [-0.05, 0) is 45.4 Å². The maximum atomic E-state index is 9.16. The Balaban J connectivity index is 2.22. The van der Waals surface area contributed by atoms with E-state index in [4.69, 9.17) is 10.8 Å². The lowest BCUT2D eigenvalue weighted by molar-refractivity contribution is 0.126. The molecule has 0 radical (unpaired) electrons. The number of likely N-dealkylation sites (tertiary alicyclic amines) is 1. The molecule has 3 nitrogen and oxygen atoms in total. The molecule has 78 valence electrons. The molecule has 1 rings (SSSR count). The predicted octanol–water partition coefficient (Wildman–Crippen LogP) is 0.430. The second-order valence-electron chi connectivity index (χ2n) is 4.47. The van der Waals surface area contributed by atoms with Crippen molar-refractivity contribution < 1.29 is 5.11 Å². The summed E-state index contributed by atoms with van der Waals surface area (Å²) in [4.78, 5) is 2.46. The summed E-state index contributed by atoms with van der Waals surface area (Å²) in [6.07, 6.45) is 3.68. The van der Waals surface area contributed by atoms with Gasteiger partial charge in [0.2, 0.25) is 0 Å². The van der Waals surface area contributed by atoms with Crippen molar-refractivity contribution in [1.82, 2.24) is 4.90 Å². The Hall–Kier alpha value is -0.120. The quantitative estimate of drug-likeness (QED) is 0.654. The highest BCUT2D eigenvalue weighted by Gasteiger charge is 2.23. The molecule has 3 heteroatoms. The van der Waals surface area contributed by atoms with Crippen molar-refractivity contribution in [2.75, 3.05) is 32.8 Å². The highest BCUT2D eigenvalue weighted by Crippen LogP contribution is 2.20. The third kappa shape index (κ3) is 3.25. The normalized spacial score (nSPS) is 23.3. The SMILES string of the molecule is CC(CN)(CO)CCN1CCCC1. The highest BCUT2D eigenvalue weighted by atomic mass is 16.3. The summed E-state index contributed by atoms with van der Waals surface area (Å²) in [7, 11) is 0. The van der Waals surface area contributed by atoms with Crippen LogP contribution in [0.1, 0.15) is 26.2 Å². The van der Waals surface area contributed by atoms with Crippen molar-refractivity contribution in [2.24, 2.45) is 11.1 Å². The summed E-state index contributed by atoms with van der Waals surface area (Å²) in [5.41, 5.74) is 5.56. The van der Waals surface area contributed by atoms with Gasteiger partial charge in [0, 0.05) is 12.0 Å². The molecule has 3 N–H and O–H groups in total. The number of hydrogen-bond donors (Lipinski definition) is 2. The molecule has 1 saturated heterocycles. The molecular formula is C10H22N2O. The minimum Gasteiger partial charge on any atom is -0.396 e. The zero-order chi connectivity index (χ0) is 9.73. The van der Waals surface area contributed by atoms with Gasteiger partial charge in [-0.1, -0.05) is 6.92 Å². The maximum Gasteiger partial charge on any atom is 0.0497 e. The lowest BCUT2D eigenvalue weighted by atomic mass is 9.88. The lowest BCUT2D eigenvalue weighted by Crippen LogP contribution is -2.35. The highest BCUT2D eigenvalue weighted by molar-refractivity contribution is 4.77. The van der Waals surface area contributed by atoms with Gasteiger partial charge in [-0.15, -0.1) is 0 Å². The molecule has 1 unspecified atom stereocenters. The van der Waals surface area contributed by atoms with E-state index >= 15 is 0 Å². The molecule has 0 aliphatic carbocycles. The van der Waals surface area contributed by atoms with Gasteiger partial charge < -0.3 is 15.7 Å². The van der Waals surface area contributed by atoms with Crippen LogP contribution in [0, 0.1) is 5.41 Å². The van der Waals surface area contributed by atoms with E-state index in [1.807, 2.05) is 0 Å². The molecule has 0 aromatic heterocycles. The number of nitrogens with two attached hydrogens (primary N) is 1. The molecule has 1 atom stereocenters. The van der Waals surface area contributed by atoms with Gasteiger partial charge in [-0.3, -0.25) is 0 Å². The largest absolute Gasteiger partial charge is 0.396 e. The molecule has 1 heterocycles. The van der Waals surface area contributed by atoms with Gasteiger partial charge in [0.25, 0.3) is 0 Å². The third-order valence-corrected chi connectivity index (χ3v) is 3.10. The van der Waals surface area contributed by atoms with Crippen LogP contribution in [-0.2, 0) is 0 Å². The van der Waals surface area contributed by atoms with Gasteiger partial charge >= 0.3 is 0 Å². The van der Waals surface area contributed by atoms with E-state index in [-0.39, 0.29) is 12.0 Å². The van der Waals surface area contributed by atoms with Gasteiger partial charge in [-0.2, -0.15) is 0 Å². The molecular weight excluding hydrogens is 164 g/mol. The van der Waals surface area contributed by atoms with E-state index in [1.54, 1.807) is 0 Å². The van der Waals surface area contributed by atoms with Crippen LogP contribution in [-0.4, -0.2) is 42.8 Å². The monoisotopic (exact) mass is 186 g/mol. The second-order valence-corrected chi connectivity index (χ2v) is 4.47. The molecule has 1 aliphatic rings. The van der Waals surface area contributed by atoms with Crippen molar-refractivity contribution in [3.05, 3.63) is 0 Å². The van der Waals surface area contributed by atoms with Crippen LogP contribution in [0.4, 0.5) is 0 Å². The van der Waals surface area contributed by atoms with Gasteiger partial charge in [0.15, 0.2) is 0 Å². The molecule has 0 bridgehead atoms. The van der Waals surface area contributed by atoms with Crippen LogP contribution in [0.25, 0.3) is 0 Å². The predicted molar refractivity (Wildman–Crippen MR) is 54.5 cm³/mol. The van der Waals surface area contributed by atoms with E-state index in [1.165, 1.54) is 25.9 Å². The Kier molecular flexibility index (Phi) is 4.16. The molecule has 0 spiro atoms. The number of aliphatic hydroxyl groups excluding tert-OH is 1. The van der Waals surface area contributed by atoms with Crippen molar-refractivity contribution in [3.8, 4) is 0 Å². The van der Waals surface area contributed by atoms with E-state index in [2.05, 4.69) is 11.8 Å². The maximum absolute atomic E-state index is 9.16. The Bertz CT molecular complexity index is 140. The fourth-order valence-electron chi connectivity index (χ4n) is 1.68. The van der Waals surface area contributed by atoms with E-state index in [0.717, 1.165) is 13.0 Å². The standard InChI is InChI=1S/C10H22N2O/c1-10(8-11,9-13)4-7-12-5-2-3-6-12/h13H,2-9,11H2,1H3. The van der Waals surface area contributed by atoms with Crippen LogP contribution in [0.2, 0.25) is 0 Å². The smallest absolute Gasteiger partial charge is 0.0497 e. The van der Waals surface area contributed by atoms with E-state index in [9.17, 15) is 0 Å². The Morgan fingerprint density at radius 3 is 2.46 bits per heavy atom. The van der Waals surface area contributed by atoms with Gasteiger partial charge in [0.05, 0.1) is 0 Å². The summed E-state index contributed by atoms with van der Waals surface area (Å²) in [5.74, 6) is 0. The van der Waals surface area contributed by atoms with Crippen molar-refractivity contribution >= 4 is 0 Å². The first-order valence-corrected chi connectivity index (χ1v) is 5.23. The first kappa shape index (κ1) is 11.0. The molecule has 13 heavy (non-hydrogen) atoms. The lowest BCUT2D eigenvalue weighted by Gasteiger charge is -2.27. The summed E-state index contributed by atoms with van der Waals surface area (Å²) >= 11 is 0. The number of rotatable bonds is 5. The zero-order valence-electron chi connectivity index (χ0n) is 8.63. The first-order valence-electron chi connectivity index (χ1n) is 5.23. The fourth-order valence-corrected chi connectivity index (χ4v) is 1.68. The van der Waals surface area contributed by atoms with Crippen LogP contribution in [0.15, 0.2) is 0 Å². The van der Waals surface area contributed by atoms with Gasteiger partial charge in [0.1, 0.15) is 0 Å². The average molecular weight is 186 g/mol. The average Bonchev–Trinajstić information content (AvgIpc) is 2.67. The van der Waals surface area contributed by atoms with Gasteiger partial charge in [-0.25, -0.2) is 0 Å². The van der Waals surface area contributed by atoms with Crippen LogP contribution in [0.5, 0.6) is 0 Å². The minimum atomic E-state index is -0.0669. The topological polar surface area (TPSA) is 49.5 Å². The molecule has 1 fully saturated rings. The summed E-state index contributed by atoms with van der Waals surface area (Å²) < 4.78 is 0. The van der Waals surface area contributed by atoms with Crippen molar-refractivity contribution in [3.63, 3.8) is 0 Å². The Morgan fingerprint density at radius 2 is 2.00 bits per heavy atom. The molecule has 0 amide bonds. The molecule has 1 aliphatic heterocycles. The number of aliphatic hydroxyl groups is 1. The first-order chi connectivity index (χ1) is 6.20. The minimum absolute atomic E-state index is 0.0669. The van der Waals surface area contributed by atoms with Crippen molar-refractivity contribution in [1.29, 1.82) is 0 Å². The van der Waals surface area contributed by atoms with E-state index in [0.29, 0.717) is 6.54 Å². The van der Waals surface area contributed by atoms with E-state index < -0.39 is 0 Å². The zero-order valence-corrected chi connectivity index (χ0v) is 8.63. The fraction of sp³-hybridized carbons (Fsp3) is 1.00. The number of hydrogen-bond acceptors (Lipinski definition) is 3. The molecule has 0 aromatic carbocycles. The molecule has 0 saturated carbocycles. The Morgan fingerprint density at radius 1 is 1.38 bits per heavy atom. The summed E-state index contributed by atoms with van der Waals surface area (Å²) in [6.45, 7) is 6.39. The van der Waals surface area contributed by atoms with Crippen molar-refractivity contribution in [2.45, 2.75) is 26.2 Å². The van der Waals surface area contributed by atoms with Crippen LogP contribution >= 0.6 is 0 Å². The van der Waals surface area contributed by atoms with Crippen LogP contribution < -0.4 is 5.73 Å². The Labute approximate surface area is 80.9 Å². The second kappa shape index (κ2) is 4.94. The summed E-state index contributed by atoms with van der Waals surface area (Å²) in [6, 6.07) is 0. The number of nitrogens with zero attached hydrogens (tertiary/aromatic N) is 1. The third-order valence-electron chi connectivity index (χ3n) is 3.10. The van der Waals surface area contributed by atoms with Crippen LogP contribution in [0.3, 0.4) is 0 Å². The summed E-state index contributed by atoms with van der Waals surface area (Å²) in [5, 5.41) is 9.16.